The summed E-state index contributed by atoms with van der Waals surface area (Å²) in [7, 11) is 0. The van der Waals surface area contributed by atoms with Gasteiger partial charge in [-0.15, -0.1) is 0 Å². The van der Waals surface area contributed by atoms with Gasteiger partial charge in [0, 0.05) is 6.92 Å². The van der Waals surface area contributed by atoms with Crippen LogP contribution in [0.4, 0.5) is 0 Å². The second-order valence-corrected chi connectivity index (χ2v) is 2.96. The fraction of sp³-hybridized carbons (Fsp3) is 0.778. The van der Waals surface area contributed by atoms with Gasteiger partial charge < -0.3 is 4.74 Å². The standard InChI is InChI=1S/C9H14O2/c1-2-11-9(10)8-6-4-3-5-7-8/h1,8H,2-7H2. The van der Waals surface area contributed by atoms with Crippen LogP contribution in [0.2, 0.25) is 0 Å². The van der Waals surface area contributed by atoms with Gasteiger partial charge in [0.1, 0.15) is 0 Å². The molecular formula is C9H14O2. The third-order valence-corrected chi connectivity index (χ3v) is 2.16. The molecule has 0 aromatic rings. The van der Waals surface area contributed by atoms with Crippen molar-refractivity contribution in [1.82, 2.24) is 0 Å². The van der Waals surface area contributed by atoms with Gasteiger partial charge in [-0.05, 0) is 12.8 Å². The summed E-state index contributed by atoms with van der Waals surface area (Å²) in [6.45, 7) is 5.12. The van der Waals surface area contributed by atoms with E-state index in [2.05, 4.69) is 0 Å². The van der Waals surface area contributed by atoms with Crippen LogP contribution in [0.3, 0.4) is 0 Å². The number of carbonyl (C=O) groups is 1. The number of hydrogen-bond acceptors (Lipinski definition) is 2. The molecule has 0 heterocycles. The Labute approximate surface area is 67.9 Å². The van der Waals surface area contributed by atoms with Gasteiger partial charge in [0.2, 0.25) is 0 Å². The molecule has 0 amide bonds. The normalized spacial score (nSPS) is 19.7. The molecule has 1 fully saturated rings. The molecular weight excluding hydrogens is 140 g/mol. The molecule has 11 heavy (non-hydrogen) atoms. The highest BCUT2D eigenvalue weighted by molar-refractivity contribution is 5.72. The lowest BCUT2D eigenvalue weighted by Crippen LogP contribution is -2.20. The topological polar surface area (TPSA) is 26.3 Å². The van der Waals surface area contributed by atoms with Gasteiger partial charge in [0.05, 0.1) is 12.5 Å². The fourth-order valence-corrected chi connectivity index (χ4v) is 1.54. The molecule has 1 saturated carbocycles. The smallest absolute Gasteiger partial charge is 0.308 e. The molecule has 0 aromatic heterocycles. The van der Waals surface area contributed by atoms with Crippen LogP contribution in [-0.2, 0) is 9.53 Å². The van der Waals surface area contributed by atoms with Crippen LogP contribution < -0.4 is 0 Å². The van der Waals surface area contributed by atoms with Crippen molar-refractivity contribution in [2.24, 2.45) is 5.92 Å². The third-order valence-electron chi connectivity index (χ3n) is 2.16. The lowest BCUT2D eigenvalue weighted by atomic mass is 9.89. The van der Waals surface area contributed by atoms with Crippen LogP contribution in [-0.4, -0.2) is 12.6 Å². The predicted molar refractivity (Wildman–Crippen MR) is 41.8 cm³/mol. The van der Waals surface area contributed by atoms with Crippen molar-refractivity contribution in [3.63, 3.8) is 0 Å². The molecule has 62 valence electrons. The molecule has 0 aromatic carbocycles. The molecule has 1 aliphatic carbocycles. The summed E-state index contributed by atoms with van der Waals surface area (Å²) in [5.74, 6) is 0.0273. The van der Waals surface area contributed by atoms with Gasteiger partial charge in [0.15, 0.2) is 0 Å². The Hall–Kier alpha value is -0.530. The summed E-state index contributed by atoms with van der Waals surface area (Å²) < 4.78 is 4.72. The minimum Gasteiger partial charge on any atom is -0.465 e. The van der Waals surface area contributed by atoms with E-state index in [0.29, 0.717) is 0 Å². The molecule has 2 radical (unpaired) electrons. The average Bonchev–Trinajstić information content (AvgIpc) is 2.07. The second kappa shape index (κ2) is 4.37. The number of rotatable bonds is 2. The van der Waals surface area contributed by atoms with Crippen LogP contribution >= 0.6 is 0 Å². The first-order valence-corrected chi connectivity index (χ1v) is 4.21. The first kappa shape index (κ1) is 8.57. The van der Waals surface area contributed by atoms with Crippen molar-refractivity contribution in [1.29, 1.82) is 0 Å². The van der Waals surface area contributed by atoms with E-state index in [1.54, 1.807) is 0 Å². The maximum absolute atomic E-state index is 11.1. The van der Waals surface area contributed by atoms with Gasteiger partial charge in [-0.3, -0.25) is 4.79 Å². The lowest BCUT2D eigenvalue weighted by Gasteiger charge is -2.19. The van der Waals surface area contributed by atoms with Gasteiger partial charge in [-0.25, -0.2) is 0 Å². The maximum Gasteiger partial charge on any atom is 0.308 e. The fourth-order valence-electron chi connectivity index (χ4n) is 1.54. The van der Waals surface area contributed by atoms with Crippen molar-refractivity contribution in [2.75, 3.05) is 6.61 Å². The van der Waals surface area contributed by atoms with Crippen molar-refractivity contribution >= 4 is 5.97 Å². The summed E-state index contributed by atoms with van der Waals surface area (Å²) in [5.41, 5.74) is 0. The van der Waals surface area contributed by atoms with Crippen LogP contribution in [0.15, 0.2) is 0 Å². The van der Waals surface area contributed by atoms with Crippen LogP contribution in [0.25, 0.3) is 0 Å². The van der Waals surface area contributed by atoms with Gasteiger partial charge in [-0.1, -0.05) is 19.3 Å². The maximum atomic E-state index is 11.1. The summed E-state index contributed by atoms with van der Waals surface area (Å²) in [6, 6.07) is 0. The Morgan fingerprint density at radius 2 is 2.00 bits per heavy atom. The van der Waals surface area contributed by atoms with Crippen LogP contribution in [0.5, 0.6) is 0 Å². The van der Waals surface area contributed by atoms with Gasteiger partial charge in [-0.2, -0.15) is 0 Å². The molecule has 0 N–H and O–H groups in total. The molecule has 0 saturated heterocycles. The van der Waals surface area contributed by atoms with E-state index in [1.165, 1.54) is 6.42 Å². The molecule has 1 aliphatic rings. The third kappa shape index (κ3) is 2.52. The molecule has 0 unspecified atom stereocenters. The Morgan fingerprint density at radius 1 is 1.36 bits per heavy atom. The van der Waals surface area contributed by atoms with E-state index in [0.717, 1.165) is 25.7 Å². The van der Waals surface area contributed by atoms with E-state index in [9.17, 15) is 4.79 Å². The van der Waals surface area contributed by atoms with E-state index in [1.807, 2.05) is 0 Å². The highest BCUT2D eigenvalue weighted by Crippen LogP contribution is 2.24. The molecule has 1 rings (SSSR count). The number of carbonyl (C=O) groups excluding carboxylic acids is 1. The van der Waals surface area contributed by atoms with E-state index in [-0.39, 0.29) is 18.5 Å². The number of esters is 1. The van der Waals surface area contributed by atoms with E-state index >= 15 is 0 Å². The minimum atomic E-state index is -0.104. The zero-order valence-electron chi connectivity index (χ0n) is 6.71. The monoisotopic (exact) mass is 154 g/mol. The molecule has 0 bridgehead atoms. The summed E-state index contributed by atoms with van der Waals surface area (Å²) >= 11 is 0. The molecule has 0 spiro atoms. The second-order valence-electron chi connectivity index (χ2n) is 2.96. The highest BCUT2D eigenvalue weighted by Gasteiger charge is 2.21. The van der Waals surface area contributed by atoms with Gasteiger partial charge in [0.25, 0.3) is 0 Å². The van der Waals surface area contributed by atoms with Crippen LogP contribution in [0.1, 0.15) is 32.1 Å². The number of hydrogen-bond donors (Lipinski definition) is 0. The molecule has 2 heteroatoms. The van der Waals surface area contributed by atoms with Crippen molar-refractivity contribution < 1.29 is 9.53 Å². The SMILES string of the molecule is [CH]COC(=O)C1CCCCC1. The predicted octanol–water partition coefficient (Wildman–Crippen LogP) is 1.82. The molecule has 2 nitrogen and oxygen atoms in total. The minimum absolute atomic E-state index is 0.0231. The Morgan fingerprint density at radius 3 is 2.55 bits per heavy atom. The summed E-state index contributed by atoms with van der Waals surface area (Å²) in [6.07, 6.45) is 5.54. The average molecular weight is 154 g/mol. The van der Waals surface area contributed by atoms with Crippen molar-refractivity contribution in [3.8, 4) is 0 Å². The first-order valence-electron chi connectivity index (χ1n) is 4.21. The zero-order chi connectivity index (χ0) is 8.10. The molecule has 0 aliphatic heterocycles. The van der Waals surface area contributed by atoms with E-state index in [4.69, 9.17) is 11.7 Å². The Kier molecular flexibility index (Phi) is 3.40. The summed E-state index contributed by atoms with van der Waals surface area (Å²) in [5, 5.41) is 0. The quantitative estimate of drug-likeness (QED) is 0.567. The van der Waals surface area contributed by atoms with Crippen molar-refractivity contribution in [3.05, 3.63) is 6.92 Å². The first-order chi connectivity index (χ1) is 5.34. The van der Waals surface area contributed by atoms with Crippen LogP contribution in [0, 0.1) is 12.8 Å². The number of ether oxygens (including phenoxy) is 1. The Bertz CT molecular complexity index is 126. The summed E-state index contributed by atoms with van der Waals surface area (Å²) in [4.78, 5) is 11.1. The largest absolute Gasteiger partial charge is 0.465 e. The van der Waals surface area contributed by atoms with E-state index < -0.39 is 0 Å². The lowest BCUT2D eigenvalue weighted by molar-refractivity contribution is -0.148. The Balaban J connectivity index is 2.27. The van der Waals surface area contributed by atoms with Crippen molar-refractivity contribution in [2.45, 2.75) is 32.1 Å². The van der Waals surface area contributed by atoms with Gasteiger partial charge >= 0.3 is 5.97 Å². The zero-order valence-corrected chi connectivity index (χ0v) is 6.71. The molecule has 0 atom stereocenters. The highest BCUT2D eigenvalue weighted by atomic mass is 16.5.